The largest absolute Gasteiger partial charge is 0.419 e. The molecule has 124 valence electrons. The smallest absolute Gasteiger partial charge is 0.408 e. The Morgan fingerprint density at radius 1 is 1.21 bits per heavy atom. The molecule has 0 saturated carbocycles. The Labute approximate surface area is 147 Å². The predicted octanol–water partition coefficient (Wildman–Crippen LogP) is 3.62. The molecule has 3 rings (SSSR count). The zero-order valence-electron chi connectivity index (χ0n) is 13.2. The molecule has 0 bridgehead atoms. The van der Waals surface area contributed by atoms with Crippen LogP contribution in [0.15, 0.2) is 62.2 Å². The number of hydrogen-bond donors (Lipinski definition) is 1. The van der Waals surface area contributed by atoms with Crippen molar-refractivity contribution in [1.82, 2.24) is 9.88 Å². The van der Waals surface area contributed by atoms with E-state index >= 15 is 0 Å². The summed E-state index contributed by atoms with van der Waals surface area (Å²) in [6.07, 6.45) is 0.207. The number of aryl methyl sites for hydroxylation is 1. The van der Waals surface area contributed by atoms with Crippen LogP contribution in [0.5, 0.6) is 0 Å². The molecule has 1 atom stereocenters. The van der Waals surface area contributed by atoms with Crippen LogP contribution in [0.2, 0.25) is 0 Å². The van der Waals surface area contributed by atoms with Gasteiger partial charge in [-0.15, -0.1) is 0 Å². The van der Waals surface area contributed by atoms with E-state index in [1.165, 1.54) is 4.57 Å². The van der Waals surface area contributed by atoms with Crippen molar-refractivity contribution < 1.29 is 9.21 Å². The fourth-order valence-corrected chi connectivity index (χ4v) is 3.28. The van der Waals surface area contributed by atoms with Crippen molar-refractivity contribution in [3.8, 4) is 0 Å². The summed E-state index contributed by atoms with van der Waals surface area (Å²) in [6, 6.07) is 14.8. The molecule has 0 aliphatic heterocycles. The van der Waals surface area contributed by atoms with Gasteiger partial charge in [0, 0.05) is 17.4 Å². The first-order chi connectivity index (χ1) is 11.6. The molecular weight excluding hydrogens is 372 g/mol. The molecule has 1 heterocycles. The molecule has 3 aromatic rings. The zero-order chi connectivity index (χ0) is 17.1. The lowest BCUT2D eigenvalue weighted by Crippen LogP contribution is -2.28. The Morgan fingerprint density at radius 3 is 2.71 bits per heavy atom. The minimum atomic E-state index is -0.442. The van der Waals surface area contributed by atoms with Gasteiger partial charge in [0.15, 0.2) is 5.58 Å². The second-order valence-electron chi connectivity index (χ2n) is 5.55. The van der Waals surface area contributed by atoms with Crippen molar-refractivity contribution in [1.29, 1.82) is 0 Å². The first-order valence-electron chi connectivity index (χ1n) is 7.68. The fraction of sp³-hybridized carbons (Fsp3) is 0.222. The topological polar surface area (TPSA) is 64.2 Å². The summed E-state index contributed by atoms with van der Waals surface area (Å²) < 4.78 is 7.60. The molecule has 0 saturated heterocycles. The van der Waals surface area contributed by atoms with Crippen molar-refractivity contribution in [2.24, 2.45) is 0 Å². The summed E-state index contributed by atoms with van der Waals surface area (Å²) in [5, 5.41) is 2.95. The average Bonchev–Trinajstić information content (AvgIpc) is 2.88. The van der Waals surface area contributed by atoms with E-state index in [1.807, 2.05) is 49.4 Å². The van der Waals surface area contributed by atoms with E-state index in [1.54, 1.807) is 6.07 Å². The van der Waals surface area contributed by atoms with E-state index in [-0.39, 0.29) is 24.9 Å². The second-order valence-corrected chi connectivity index (χ2v) is 6.40. The molecule has 6 heteroatoms. The highest BCUT2D eigenvalue weighted by atomic mass is 79.9. The summed E-state index contributed by atoms with van der Waals surface area (Å²) >= 11 is 3.48. The number of hydrogen-bond acceptors (Lipinski definition) is 3. The van der Waals surface area contributed by atoms with Crippen molar-refractivity contribution in [2.45, 2.75) is 25.9 Å². The van der Waals surface area contributed by atoms with E-state index in [2.05, 4.69) is 21.2 Å². The highest BCUT2D eigenvalue weighted by Gasteiger charge is 2.14. The Kier molecular flexibility index (Phi) is 4.85. The van der Waals surface area contributed by atoms with Gasteiger partial charge in [0.1, 0.15) is 0 Å². The average molecular weight is 389 g/mol. The number of carbonyl (C=O) groups excluding carboxylic acids is 1. The summed E-state index contributed by atoms with van der Waals surface area (Å²) in [5.74, 6) is -0.557. The lowest BCUT2D eigenvalue weighted by atomic mass is 10.1. The Bertz CT molecular complexity index is 929. The fourth-order valence-electron chi connectivity index (χ4n) is 2.66. The summed E-state index contributed by atoms with van der Waals surface area (Å²) in [4.78, 5) is 24.1. The minimum Gasteiger partial charge on any atom is -0.408 e. The highest BCUT2D eigenvalue weighted by molar-refractivity contribution is 9.10. The van der Waals surface area contributed by atoms with E-state index in [0.717, 1.165) is 10.0 Å². The number of rotatable bonds is 5. The van der Waals surface area contributed by atoms with Gasteiger partial charge >= 0.3 is 5.76 Å². The number of benzene rings is 2. The summed E-state index contributed by atoms with van der Waals surface area (Å²) in [6.45, 7) is 2.21. The number of fused-ring (bicyclic) bond motifs is 1. The van der Waals surface area contributed by atoms with E-state index in [9.17, 15) is 9.59 Å². The van der Waals surface area contributed by atoms with Gasteiger partial charge in [-0.2, -0.15) is 0 Å². The molecule has 24 heavy (non-hydrogen) atoms. The van der Waals surface area contributed by atoms with Crippen molar-refractivity contribution in [2.75, 3.05) is 0 Å². The van der Waals surface area contributed by atoms with E-state index in [0.29, 0.717) is 11.1 Å². The van der Waals surface area contributed by atoms with Crippen LogP contribution >= 0.6 is 15.9 Å². The SMILES string of the molecule is C[C@H](NC(=O)CCn1c(=O)oc2ccccc21)c1ccccc1Br. The van der Waals surface area contributed by atoms with E-state index in [4.69, 9.17) is 4.42 Å². The third kappa shape index (κ3) is 3.43. The summed E-state index contributed by atoms with van der Waals surface area (Å²) in [7, 11) is 0. The van der Waals surface area contributed by atoms with Crippen LogP contribution in [0.3, 0.4) is 0 Å². The molecule has 1 N–H and O–H groups in total. The molecule has 0 fully saturated rings. The molecule has 2 aromatic carbocycles. The molecule has 0 spiro atoms. The maximum atomic E-state index is 12.2. The van der Waals surface area contributed by atoms with Gasteiger partial charge in [0.05, 0.1) is 11.6 Å². The molecule has 0 unspecified atom stereocenters. The minimum absolute atomic E-state index is 0.115. The molecule has 0 radical (unpaired) electrons. The number of nitrogens with zero attached hydrogens (tertiary/aromatic N) is 1. The number of carbonyl (C=O) groups is 1. The lowest BCUT2D eigenvalue weighted by molar-refractivity contribution is -0.121. The zero-order valence-corrected chi connectivity index (χ0v) is 14.7. The van der Waals surface area contributed by atoms with Gasteiger partial charge in [-0.3, -0.25) is 9.36 Å². The van der Waals surface area contributed by atoms with Crippen LogP contribution in [-0.2, 0) is 11.3 Å². The van der Waals surface area contributed by atoms with Gasteiger partial charge in [0.2, 0.25) is 5.91 Å². The normalized spacial score (nSPS) is 12.2. The van der Waals surface area contributed by atoms with Crippen LogP contribution < -0.4 is 11.1 Å². The number of para-hydroxylation sites is 2. The monoisotopic (exact) mass is 388 g/mol. The Hall–Kier alpha value is -2.34. The quantitative estimate of drug-likeness (QED) is 0.725. The van der Waals surface area contributed by atoms with Gasteiger partial charge in [0.25, 0.3) is 0 Å². The highest BCUT2D eigenvalue weighted by Crippen LogP contribution is 2.22. The predicted molar refractivity (Wildman–Crippen MR) is 95.8 cm³/mol. The van der Waals surface area contributed by atoms with Crippen LogP contribution in [0.25, 0.3) is 11.1 Å². The molecule has 5 nitrogen and oxygen atoms in total. The molecule has 0 aliphatic rings. The number of nitrogens with one attached hydrogen (secondary N) is 1. The molecule has 0 aliphatic carbocycles. The maximum Gasteiger partial charge on any atom is 0.419 e. The number of amides is 1. The van der Waals surface area contributed by atoms with Crippen molar-refractivity contribution in [3.63, 3.8) is 0 Å². The van der Waals surface area contributed by atoms with Gasteiger partial charge in [-0.1, -0.05) is 46.3 Å². The van der Waals surface area contributed by atoms with E-state index < -0.39 is 5.76 Å². The standard InChI is InChI=1S/C18H17BrN2O3/c1-12(13-6-2-3-7-14(13)19)20-17(22)10-11-21-15-8-4-5-9-16(15)24-18(21)23/h2-9,12H,10-11H2,1H3,(H,20,22)/t12-/m0/s1. The molecule has 1 aromatic heterocycles. The van der Waals surface area contributed by atoms with Crippen LogP contribution in [0, 0.1) is 0 Å². The first-order valence-corrected chi connectivity index (χ1v) is 8.47. The van der Waals surface area contributed by atoms with Gasteiger partial charge < -0.3 is 9.73 Å². The first kappa shape index (κ1) is 16.5. The van der Waals surface area contributed by atoms with Crippen LogP contribution in [0.1, 0.15) is 24.9 Å². The molecule has 1 amide bonds. The van der Waals surface area contributed by atoms with Crippen molar-refractivity contribution in [3.05, 3.63) is 69.1 Å². The Morgan fingerprint density at radius 2 is 1.92 bits per heavy atom. The number of oxazole rings is 1. The third-order valence-corrected chi connectivity index (χ3v) is 4.61. The maximum absolute atomic E-state index is 12.2. The third-order valence-electron chi connectivity index (χ3n) is 3.89. The van der Waals surface area contributed by atoms with Crippen LogP contribution in [0.4, 0.5) is 0 Å². The Balaban J connectivity index is 1.66. The van der Waals surface area contributed by atoms with Crippen LogP contribution in [-0.4, -0.2) is 10.5 Å². The lowest BCUT2D eigenvalue weighted by Gasteiger charge is -2.15. The molecular formula is C18H17BrN2O3. The van der Waals surface area contributed by atoms with Crippen molar-refractivity contribution >= 4 is 32.9 Å². The number of halogens is 1. The summed E-state index contributed by atoms with van der Waals surface area (Å²) in [5.41, 5.74) is 2.25. The number of aromatic nitrogens is 1. The van der Waals surface area contributed by atoms with Gasteiger partial charge in [-0.25, -0.2) is 4.79 Å². The van der Waals surface area contributed by atoms with Gasteiger partial charge in [-0.05, 0) is 30.7 Å². The second kappa shape index (κ2) is 7.05.